The second-order valence-corrected chi connectivity index (χ2v) is 7.54. The van der Waals surface area contributed by atoms with E-state index in [0.29, 0.717) is 23.7 Å². The van der Waals surface area contributed by atoms with Crippen LogP contribution in [-0.2, 0) is 12.8 Å². The molecular formula is C20H21N3O2S. The average Bonchev–Trinajstić information content (AvgIpc) is 3.30. The normalized spacial score (nSPS) is 15.1. The monoisotopic (exact) mass is 367 g/mol. The van der Waals surface area contributed by atoms with Crippen molar-refractivity contribution < 1.29 is 9.90 Å². The Morgan fingerprint density at radius 2 is 1.92 bits per heavy atom. The van der Waals surface area contributed by atoms with Crippen LogP contribution in [0.4, 0.5) is 0 Å². The minimum Gasteiger partial charge on any atom is -0.390 e. The zero-order chi connectivity index (χ0) is 17.9. The van der Waals surface area contributed by atoms with E-state index < -0.39 is 6.10 Å². The Labute approximate surface area is 156 Å². The Hall–Kier alpha value is -2.28. The van der Waals surface area contributed by atoms with Gasteiger partial charge in [-0.2, -0.15) is 0 Å². The highest BCUT2D eigenvalue weighted by molar-refractivity contribution is 7.16. The highest BCUT2D eigenvalue weighted by Crippen LogP contribution is 2.22. The van der Waals surface area contributed by atoms with Crippen molar-refractivity contribution in [3.63, 3.8) is 0 Å². The first-order chi connectivity index (χ1) is 12.7. The van der Waals surface area contributed by atoms with Crippen LogP contribution in [0.25, 0.3) is 10.2 Å². The number of amides is 1. The summed E-state index contributed by atoms with van der Waals surface area (Å²) < 4.78 is 0.987. The van der Waals surface area contributed by atoms with E-state index in [2.05, 4.69) is 39.9 Å². The number of aromatic nitrogens is 1. The number of benzene rings is 2. The number of rotatable bonds is 6. The van der Waals surface area contributed by atoms with E-state index in [4.69, 9.17) is 0 Å². The van der Waals surface area contributed by atoms with Gasteiger partial charge in [-0.05, 0) is 36.1 Å². The second kappa shape index (κ2) is 7.53. The smallest absolute Gasteiger partial charge is 0.253 e. The van der Waals surface area contributed by atoms with Crippen LogP contribution in [0.1, 0.15) is 21.5 Å². The van der Waals surface area contributed by atoms with Gasteiger partial charge in [-0.25, -0.2) is 4.98 Å². The van der Waals surface area contributed by atoms with Crippen LogP contribution < -0.4 is 10.6 Å². The fourth-order valence-electron chi connectivity index (χ4n) is 3.45. The fourth-order valence-corrected chi connectivity index (χ4v) is 4.16. The van der Waals surface area contributed by atoms with E-state index in [1.807, 2.05) is 12.1 Å². The predicted octanol–water partition coefficient (Wildman–Crippen LogP) is 2.14. The number of carbonyl (C=O) groups is 1. The highest BCUT2D eigenvalue weighted by atomic mass is 32.1. The summed E-state index contributed by atoms with van der Waals surface area (Å²) in [6.07, 6.45) is 1.35. The Morgan fingerprint density at radius 3 is 2.69 bits per heavy atom. The van der Waals surface area contributed by atoms with Gasteiger partial charge in [-0.1, -0.05) is 30.3 Å². The Kier molecular flexibility index (Phi) is 4.97. The Morgan fingerprint density at radius 1 is 1.15 bits per heavy atom. The number of aliphatic hydroxyl groups is 1. The molecule has 1 unspecified atom stereocenters. The largest absolute Gasteiger partial charge is 0.390 e. The van der Waals surface area contributed by atoms with E-state index in [0.717, 1.165) is 17.5 Å². The SMILES string of the molecule is O=C(NCC(O)CNC1Cc2ccccc2C1)c1cccc2scnc12. The summed E-state index contributed by atoms with van der Waals surface area (Å²) in [4.78, 5) is 16.7. The Balaban J connectivity index is 1.26. The van der Waals surface area contributed by atoms with Crippen LogP contribution in [0.15, 0.2) is 48.0 Å². The summed E-state index contributed by atoms with van der Waals surface area (Å²) in [7, 11) is 0. The summed E-state index contributed by atoms with van der Waals surface area (Å²) >= 11 is 1.51. The van der Waals surface area contributed by atoms with Crippen LogP contribution in [0.2, 0.25) is 0 Å². The van der Waals surface area contributed by atoms with Crippen molar-refractivity contribution in [2.75, 3.05) is 13.1 Å². The van der Waals surface area contributed by atoms with Gasteiger partial charge in [0.1, 0.15) is 0 Å². The van der Waals surface area contributed by atoms with Crippen LogP contribution in [0.3, 0.4) is 0 Å². The molecule has 4 rings (SSSR count). The maximum absolute atomic E-state index is 12.4. The molecule has 0 bridgehead atoms. The maximum Gasteiger partial charge on any atom is 0.253 e. The van der Waals surface area contributed by atoms with Crippen molar-refractivity contribution >= 4 is 27.5 Å². The minimum atomic E-state index is -0.628. The summed E-state index contributed by atoms with van der Waals surface area (Å²) in [6, 6.07) is 14.4. The molecule has 5 nitrogen and oxygen atoms in total. The average molecular weight is 367 g/mol. The third-order valence-corrected chi connectivity index (χ3v) is 5.59. The molecule has 1 atom stereocenters. The standard InChI is InChI=1S/C20H21N3O2S/c24-16(10-21-15-8-13-4-1-2-5-14(13)9-15)11-22-20(25)17-6-3-7-18-19(17)23-12-26-18/h1-7,12,15-16,21,24H,8-11H2,(H,22,25). The topological polar surface area (TPSA) is 74.2 Å². The highest BCUT2D eigenvalue weighted by Gasteiger charge is 2.21. The van der Waals surface area contributed by atoms with Crippen molar-refractivity contribution in [3.8, 4) is 0 Å². The van der Waals surface area contributed by atoms with Crippen LogP contribution in [0, 0.1) is 0 Å². The molecule has 1 heterocycles. The van der Waals surface area contributed by atoms with E-state index in [1.54, 1.807) is 11.6 Å². The lowest BCUT2D eigenvalue weighted by atomic mass is 10.1. The molecule has 0 radical (unpaired) electrons. The Bertz CT molecular complexity index is 899. The van der Waals surface area contributed by atoms with Crippen LogP contribution in [-0.4, -0.2) is 41.2 Å². The van der Waals surface area contributed by atoms with Gasteiger partial charge in [0.2, 0.25) is 0 Å². The summed E-state index contributed by atoms with van der Waals surface area (Å²) in [5.41, 5.74) is 5.76. The molecule has 1 aromatic heterocycles. The zero-order valence-electron chi connectivity index (χ0n) is 14.3. The third-order valence-electron chi connectivity index (χ3n) is 4.80. The minimum absolute atomic E-state index is 0.200. The number of carbonyl (C=O) groups excluding carboxylic acids is 1. The molecular weight excluding hydrogens is 346 g/mol. The molecule has 26 heavy (non-hydrogen) atoms. The van der Waals surface area contributed by atoms with Gasteiger partial charge in [0, 0.05) is 19.1 Å². The van der Waals surface area contributed by atoms with Crippen molar-refractivity contribution in [2.45, 2.75) is 25.0 Å². The lowest BCUT2D eigenvalue weighted by molar-refractivity contribution is 0.0915. The molecule has 2 aromatic carbocycles. The molecule has 0 aliphatic heterocycles. The fraction of sp³-hybridized carbons (Fsp3) is 0.300. The van der Waals surface area contributed by atoms with Gasteiger partial charge in [-0.3, -0.25) is 4.79 Å². The first kappa shape index (κ1) is 17.1. The molecule has 3 aromatic rings. The molecule has 1 amide bonds. The number of hydrogen-bond acceptors (Lipinski definition) is 5. The van der Waals surface area contributed by atoms with E-state index in [1.165, 1.54) is 22.5 Å². The molecule has 0 saturated heterocycles. The predicted molar refractivity (Wildman–Crippen MR) is 104 cm³/mol. The maximum atomic E-state index is 12.4. The summed E-state index contributed by atoms with van der Waals surface area (Å²) in [5.74, 6) is -0.200. The first-order valence-electron chi connectivity index (χ1n) is 8.79. The number of nitrogens with one attached hydrogen (secondary N) is 2. The van der Waals surface area contributed by atoms with E-state index >= 15 is 0 Å². The van der Waals surface area contributed by atoms with Crippen LogP contribution in [0.5, 0.6) is 0 Å². The molecule has 6 heteroatoms. The number of fused-ring (bicyclic) bond motifs is 2. The van der Waals surface area contributed by atoms with Crippen molar-refractivity contribution in [1.82, 2.24) is 15.6 Å². The van der Waals surface area contributed by atoms with Gasteiger partial charge in [-0.15, -0.1) is 11.3 Å². The second-order valence-electron chi connectivity index (χ2n) is 6.65. The lowest BCUT2D eigenvalue weighted by Gasteiger charge is -2.17. The number of nitrogens with zero attached hydrogens (tertiary/aromatic N) is 1. The third kappa shape index (κ3) is 3.62. The van der Waals surface area contributed by atoms with Gasteiger partial charge >= 0.3 is 0 Å². The zero-order valence-corrected chi connectivity index (χ0v) is 15.1. The molecule has 0 spiro atoms. The molecule has 134 valence electrons. The summed E-state index contributed by atoms with van der Waals surface area (Å²) in [5, 5.41) is 16.4. The quantitative estimate of drug-likeness (QED) is 0.624. The van der Waals surface area contributed by atoms with Crippen molar-refractivity contribution in [3.05, 3.63) is 64.7 Å². The number of para-hydroxylation sites is 1. The van der Waals surface area contributed by atoms with Crippen molar-refractivity contribution in [2.24, 2.45) is 0 Å². The van der Waals surface area contributed by atoms with Crippen molar-refractivity contribution in [1.29, 1.82) is 0 Å². The van der Waals surface area contributed by atoms with Gasteiger partial charge in [0.25, 0.3) is 5.91 Å². The van der Waals surface area contributed by atoms with Crippen LogP contribution >= 0.6 is 11.3 Å². The van der Waals surface area contributed by atoms with Gasteiger partial charge in [0.15, 0.2) is 0 Å². The number of hydrogen-bond donors (Lipinski definition) is 3. The molecule has 3 N–H and O–H groups in total. The van der Waals surface area contributed by atoms with Gasteiger partial charge < -0.3 is 15.7 Å². The molecule has 1 aliphatic carbocycles. The molecule has 0 saturated carbocycles. The lowest BCUT2D eigenvalue weighted by Crippen LogP contribution is -2.41. The molecule has 1 aliphatic rings. The molecule has 0 fully saturated rings. The number of thiazole rings is 1. The first-order valence-corrected chi connectivity index (χ1v) is 9.67. The van der Waals surface area contributed by atoms with Gasteiger partial charge in [0.05, 0.1) is 27.4 Å². The van der Waals surface area contributed by atoms with E-state index in [-0.39, 0.29) is 12.5 Å². The van der Waals surface area contributed by atoms with E-state index in [9.17, 15) is 9.90 Å². The number of aliphatic hydroxyl groups excluding tert-OH is 1. The summed E-state index contributed by atoms with van der Waals surface area (Å²) in [6.45, 7) is 0.672.